The average Bonchev–Trinajstić information content (AvgIpc) is 3.24. The molecule has 0 saturated carbocycles. The van der Waals surface area contributed by atoms with Crippen molar-refractivity contribution in [2.45, 2.75) is 37.1 Å². The van der Waals surface area contributed by atoms with E-state index in [2.05, 4.69) is 22.2 Å². The Kier molecular flexibility index (Phi) is 5.79. The molecule has 0 saturated heterocycles. The summed E-state index contributed by atoms with van der Waals surface area (Å²) in [6, 6.07) is 13.8. The van der Waals surface area contributed by atoms with E-state index in [-0.39, 0.29) is 33.5 Å². The predicted molar refractivity (Wildman–Crippen MR) is 138 cm³/mol. The van der Waals surface area contributed by atoms with Crippen LogP contribution in [0.15, 0.2) is 65.6 Å². The summed E-state index contributed by atoms with van der Waals surface area (Å²) in [5, 5.41) is 14.8. The third-order valence-corrected chi connectivity index (χ3v) is 8.40. The molecule has 5 nitrogen and oxygen atoms in total. The number of benzene rings is 3. The van der Waals surface area contributed by atoms with E-state index in [0.717, 1.165) is 28.8 Å². The largest absolute Gasteiger partial charge is 0.506 e. The topological polar surface area (TPSA) is 78.4 Å². The highest BCUT2D eigenvalue weighted by molar-refractivity contribution is 7.92. The summed E-state index contributed by atoms with van der Waals surface area (Å²) in [6.07, 6.45) is 4.98. The van der Waals surface area contributed by atoms with Gasteiger partial charge in [0, 0.05) is 27.9 Å². The normalized spacial score (nSPS) is 21.0. The van der Waals surface area contributed by atoms with Gasteiger partial charge in [0.25, 0.3) is 10.0 Å². The summed E-state index contributed by atoms with van der Waals surface area (Å²) in [7, 11) is -3.77. The summed E-state index contributed by atoms with van der Waals surface area (Å²) >= 11 is 12.4. The lowest BCUT2D eigenvalue weighted by Crippen LogP contribution is -2.29. The fourth-order valence-corrected chi connectivity index (χ4v) is 6.70. The second-order valence-corrected chi connectivity index (χ2v) is 11.6. The van der Waals surface area contributed by atoms with Crippen LogP contribution in [0, 0.1) is 19.8 Å². The van der Waals surface area contributed by atoms with Crippen molar-refractivity contribution < 1.29 is 13.5 Å². The highest BCUT2D eigenvalue weighted by atomic mass is 35.5. The number of allylic oxidation sites excluding steroid dienone is 2. The van der Waals surface area contributed by atoms with Crippen LogP contribution in [0.1, 0.15) is 40.6 Å². The zero-order valence-electron chi connectivity index (χ0n) is 18.6. The van der Waals surface area contributed by atoms with Crippen molar-refractivity contribution in [3.05, 3.63) is 93.0 Å². The summed E-state index contributed by atoms with van der Waals surface area (Å²) in [5.74, 6) is 0.0857. The number of fused-ring (bicyclic) bond motifs is 3. The van der Waals surface area contributed by atoms with E-state index in [9.17, 15) is 13.5 Å². The minimum Gasteiger partial charge on any atom is -0.506 e. The number of phenols is 1. The lowest BCUT2D eigenvalue weighted by molar-refractivity contribution is 0.402. The molecule has 0 fully saturated rings. The van der Waals surface area contributed by atoms with E-state index in [0.29, 0.717) is 16.3 Å². The van der Waals surface area contributed by atoms with Crippen LogP contribution in [0.2, 0.25) is 10.0 Å². The van der Waals surface area contributed by atoms with Crippen LogP contribution < -0.4 is 10.0 Å². The van der Waals surface area contributed by atoms with Gasteiger partial charge in [-0.3, -0.25) is 4.72 Å². The lowest BCUT2D eigenvalue weighted by Gasteiger charge is -2.38. The summed E-state index contributed by atoms with van der Waals surface area (Å²) in [6.45, 7) is 3.87. The molecule has 2 aliphatic rings. The molecule has 0 amide bonds. The molecule has 0 radical (unpaired) electrons. The Morgan fingerprint density at radius 1 is 1.00 bits per heavy atom. The monoisotopic (exact) mass is 514 g/mol. The Balaban J connectivity index is 1.52. The van der Waals surface area contributed by atoms with Gasteiger partial charge in [-0.2, -0.15) is 0 Å². The van der Waals surface area contributed by atoms with Crippen LogP contribution >= 0.6 is 23.2 Å². The molecule has 3 aromatic rings. The van der Waals surface area contributed by atoms with Crippen LogP contribution in [0.25, 0.3) is 0 Å². The molecule has 0 aromatic heterocycles. The van der Waals surface area contributed by atoms with Crippen LogP contribution in [0.3, 0.4) is 0 Å². The maximum Gasteiger partial charge on any atom is 0.261 e. The zero-order valence-corrected chi connectivity index (χ0v) is 21.0. The summed E-state index contributed by atoms with van der Waals surface area (Å²) < 4.78 is 29.1. The number of hydrogen-bond donors (Lipinski definition) is 3. The Bertz CT molecular complexity index is 1420. The fraction of sp³-hybridized carbons (Fsp3) is 0.231. The number of hydrogen-bond acceptors (Lipinski definition) is 4. The molecule has 3 atom stereocenters. The number of nitrogens with one attached hydrogen (secondary N) is 2. The van der Waals surface area contributed by atoms with Crippen LogP contribution in [-0.4, -0.2) is 13.5 Å². The minimum absolute atomic E-state index is 0.00484. The second kappa shape index (κ2) is 8.52. The van der Waals surface area contributed by atoms with Crippen molar-refractivity contribution in [2.24, 2.45) is 5.92 Å². The van der Waals surface area contributed by atoms with Crippen molar-refractivity contribution in [3.8, 4) is 5.75 Å². The molecule has 5 rings (SSSR count). The van der Waals surface area contributed by atoms with Crippen molar-refractivity contribution >= 4 is 44.6 Å². The van der Waals surface area contributed by atoms with Gasteiger partial charge < -0.3 is 10.4 Å². The van der Waals surface area contributed by atoms with Crippen molar-refractivity contribution in [1.29, 1.82) is 0 Å². The number of sulfonamides is 1. The molecular formula is C26H24Cl2N2O3S. The van der Waals surface area contributed by atoms with Crippen molar-refractivity contribution in [3.63, 3.8) is 0 Å². The molecule has 1 aliphatic carbocycles. The van der Waals surface area contributed by atoms with E-state index in [4.69, 9.17) is 23.2 Å². The van der Waals surface area contributed by atoms with Crippen molar-refractivity contribution in [2.75, 3.05) is 10.0 Å². The number of phenolic OH excluding ortho intramolecular Hbond substituents is 1. The van der Waals surface area contributed by atoms with Gasteiger partial charge in [0.15, 0.2) is 0 Å². The Hall–Kier alpha value is -2.67. The van der Waals surface area contributed by atoms with Gasteiger partial charge >= 0.3 is 0 Å². The first-order chi connectivity index (χ1) is 16.1. The highest BCUT2D eigenvalue weighted by Crippen LogP contribution is 2.52. The number of halogens is 2. The van der Waals surface area contributed by atoms with Gasteiger partial charge in [-0.25, -0.2) is 8.42 Å². The second-order valence-electron chi connectivity index (χ2n) is 9.03. The molecule has 1 heterocycles. The number of rotatable bonds is 4. The van der Waals surface area contributed by atoms with Gasteiger partial charge in [-0.05, 0) is 85.3 Å². The summed E-state index contributed by atoms with van der Waals surface area (Å²) in [5.41, 5.74) is 4.88. The average molecular weight is 515 g/mol. The molecule has 1 aliphatic heterocycles. The van der Waals surface area contributed by atoms with E-state index < -0.39 is 10.0 Å². The van der Waals surface area contributed by atoms with Gasteiger partial charge in [-0.15, -0.1) is 0 Å². The minimum atomic E-state index is -3.77. The zero-order chi connectivity index (χ0) is 24.2. The van der Waals surface area contributed by atoms with E-state index in [1.54, 1.807) is 24.3 Å². The molecule has 0 bridgehead atoms. The molecule has 8 heteroatoms. The van der Waals surface area contributed by atoms with E-state index >= 15 is 0 Å². The number of anilines is 2. The highest BCUT2D eigenvalue weighted by Gasteiger charge is 2.39. The van der Waals surface area contributed by atoms with Gasteiger partial charge in [0.2, 0.25) is 0 Å². The van der Waals surface area contributed by atoms with E-state index in [1.807, 2.05) is 32.0 Å². The van der Waals surface area contributed by atoms with Gasteiger partial charge in [0.1, 0.15) is 5.75 Å². The van der Waals surface area contributed by atoms with E-state index in [1.165, 1.54) is 6.07 Å². The maximum absolute atomic E-state index is 13.2. The predicted octanol–water partition coefficient (Wildman–Crippen LogP) is 6.94. The number of aromatic hydroxyl groups is 1. The van der Waals surface area contributed by atoms with Gasteiger partial charge in [-0.1, -0.05) is 41.4 Å². The maximum atomic E-state index is 13.2. The summed E-state index contributed by atoms with van der Waals surface area (Å²) in [4.78, 5) is 0.207. The Labute approximate surface area is 209 Å². The first kappa shape index (κ1) is 23.1. The Morgan fingerprint density at radius 3 is 2.47 bits per heavy atom. The molecular weight excluding hydrogens is 491 g/mol. The molecule has 0 spiro atoms. The van der Waals surface area contributed by atoms with Crippen molar-refractivity contribution in [1.82, 2.24) is 0 Å². The molecule has 3 unspecified atom stereocenters. The molecule has 3 N–H and O–H groups in total. The van der Waals surface area contributed by atoms with Gasteiger partial charge in [0.05, 0.1) is 16.0 Å². The van der Waals surface area contributed by atoms with Crippen LogP contribution in [0.5, 0.6) is 5.75 Å². The quantitative estimate of drug-likeness (QED) is 0.329. The first-order valence-electron chi connectivity index (χ1n) is 11.0. The standard InChI is InChI=1S/C26H24Cl2N2O3S/c1-14-8-15(2)10-17(9-14)30-34(32,33)18-6-7-24-21(13-18)19-4-3-5-20(19)25(29-24)22-11-16(27)12-23(28)26(22)31/h3-4,6-13,19-20,25,29-31H,5H2,1-2H3. The molecule has 176 valence electrons. The Morgan fingerprint density at radius 2 is 1.74 bits per heavy atom. The SMILES string of the molecule is Cc1cc(C)cc(NS(=O)(=O)c2ccc3c(c2)C2C=CCC2C(c2cc(Cl)cc(Cl)c2O)N3)c1. The van der Waals surface area contributed by atoms with Crippen LogP contribution in [-0.2, 0) is 10.0 Å². The number of aryl methyl sites for hydroxylation is 2. The smallest absolute Gasteiger partial charge is 0.261 e. The molecule has 34 heavy (non-hydrogen) atoms. The molecule has 3 aromatic carbocycles. The lowest BCUT2D eigenvalue weighted by atomic mass is 9.77. The first-order valence-corrected chi connectivity index (χ1v) is 13.2. The van der Waals surface area contributed by atoms with Crippen LogP contribution in [0.4, 0.5) is 11.4 Å². The fourth-order valence-electron chi connectivity index (χ4n) is 5.12. The third-order valence-electron chi connectivity index (χ3n) is 6.51. The third kappa shape index (κ3) is 4.15.